The van der Waals surface area contributed by atoms with E-state index in [1.807, 2.05) is 39.0 Å². The SMILES string of the molecule is CC(C)(C)OC(=O)N1CCc2nc(NC(=O)c3cnc(-c4ccccc4Cl)s3)sc2C1. The van der Waals surface area contributed by atoms with Gasteiger partial charge in [0.25, 0.3) is 5.91 Å². The molecule has 3 heterocycles. The normalized spacial score (nSPS) is 13.6. The van der Waals surface area contributed by atoms with Crippen LogP contribution >= 0.6 is 34.3 Å². The summed E-state index contributed by atoms with van der Waals surface area (Å²) in [5.74, 6) is -0.272. The van der Waals surface area contributed by atoms with Gasteiger partial charge in [-0.3, -0.25) is 10.1 Å². The highest BCUT2D eigenvalue weighted by atomic mass is 35.5. The number of aromatic nitrogens is 2. The first-order valence-electron chi connectivity index (χ1n) is 9.68. The molecule has 1 aliphatic rings. The molecule has 0 fully saturated rings. The first-order valence-corrected chi connectivity index (χ1v) is 11.7. The van der Waals surface area contributed by atoms with Crippen molar-refractivity contribution in [3.8, 4) is 10.6 Å². The first-order chi connectivity index (χ1) is 14.7. The molecule has 0 spiro atoms. The summed E-state index contributed by atoms with van der Waals surface area (Å²) in [6.07, 6.45) is 1.82. The standard InChI is InChI=1S/C21H21ClN4O3S2/c1-21(2,3)29-20(28)26-9-8-14-16(11-26)31-19(24-14)25-17(27)15-10-23-18(30-15)12-6-4-5-7-13(12)22/h4-7,10H,8-9,11H2,1-3H3,(H,24,25,27). The Bertz CT molecular complexity index is 1140. The molecule has 0 aliphatic carbocycles. The van der Waals surface area contributed by atoms with Crippen molar-refractivity contribution < 1.29 is 14.3 Å². The Morgan fingerprint density at radius 3 is 2.74 bits per heavy atom. The average molecular weight is 477 g/mol. The van der Waals surface area contributed by atoms with Crippen LogP contribution < -0.4 is 5.32 Å². The number of rotatable bonds is 3. The van der Waals surface area contributed by atoms with Gasteiger partial charge in [0.05, 0.1) is 23.5 Å². The van der Waals surface area contributed by atoms with Crippen LogP contribution in [-0.4, -0.2) is 39.0 Å². The Balaban J connectivity index is 1.43. The highest BCUT2D eigenvalue weighted by Crippen LogP contribution is 2.32. The summed E-state index contributed by atoms with van der Waals surface area (Å²) in [6.45, 7) is 6.50. The van der Waals surface area contributed by atoms with E-state index in [1.165, 1.54) is 28.9 Å². The number of fused-ring (bicyclic) bond motifs is 1. The van der Waals surface area contributed by atoms with Gasteiger partial charge in [0.15, 0.2) is 5.13 Å². The summed E-state index contributed by atoms with van der Waals surface area (Å²) >= 11 is 8.87. The second-order valence-corrected chi connectivity index (χ2v) is 10.5. The fourth-order valence-electron chi connectivity index (χ4n) is 3.03. The molecule has 0 unspecified atom stereocenters. The number of thiazole rings is 2. The fourth-order valence-corrected chi connectivity index (χ4v) is 5.18. The topological polar surface area (TPSA) is 84.4 Å². The van der Waals surface area contributed by atoms with Gasteiger partial charge in [0.2, 0.25) is 0 Å². The average Bonchev–Trinajstić information content (AvgIpc) is 3.33. The maximum absolute atomic E-state index is 12.7. The van der Waals surface area contributed by atoms with Crippen molar-refractivity contribution in [3.63, 3.8) is 0 Å². The number of nitrogens with one attached hydrogen (secondary N) is 1. The highest BCUT2D eigenvalue weighted by Gasteiger charge is 2.28. The number of benzene rings is 1. The van der Waals surface area contributed by atoms with Crippen molar-refractivity contribution in [1.82, 2.24) is 14.9 Å². The van der Waals surface area contributed by atoms with E-state index >= 15 is 0 Å². The molecule has 3 aromatic rings. The second-order valence-electron chi connectivity index (χ2n) is 8.00. The van der Waals surface area contributed by atoms with E-state index in [9.17, 15) is 9.59 Å². The van der Waals surface area contributed by atoms with Crippen molar-refractivity contribution in [2.45, 2.75) is 39.3 Å². The number of anilines is 1. The minimum atomic E-state index is -0.540. The maximum atomic E-state index is 12.7. The number of amides is 2. The number of ether oxygens (including phenoxy) is 1. The zero-order valence-corrected chi connectivity index (χ0v) is 19.7. The van der Waals surface area contributed by atoms with Crippen molar-refractivity contribution >= 4 is 51.4 Å². The van der Waals surface area contributed by atoms with Crippen LogP contribution in [0, 0.1) is 0 Å². The van der Waals surface area contributed by atoms with Gasteiger partial charge in [-0.25, -0.2) is 14.8 Å². The Morgan fingerprint density at radius 2 is 2.00 bits per heavy atom. The fraction of sp³-hybridized carbons (Fsp3) is 0.333. The molecule has 2 amide bonds. The third kappa shape index (κ3) is 5.06. The summed E-state index contributed by atoms with van der Waals surface area (Å²) < 4.78 is 5.46. The molecular weight excluding hydrogens is 456 g/mol. The Kier molecular flexibility index (Phi) is 6.00. The number of halogens is 1. The molecule has 31 heavy (non-hydrogen) atoms. The zero-order valence-electron chi connectivity index (χ0n) is 17.3. The van der Waals surface area contributed by atoms with Gasteiger partial charge in [0.1, 0.15) is 15.5 Å². The van der Waals surface area contributed by atoms with E-state index in [-0.39, 0.29) is 12.0 Å². The summed E-state index contributed by atoms with van der Waals surface area (Å²) in [7, 11) is 0. The lowest BCUT2D eigenvalue weighted by atomic mass is 10.2. The third-order valence-corrected chi connectivity index (χ3v) is 6.79. The number of carbonyl (C=O) groups is 2. The second kappa shape index (κ2) is 8.57. The summed E-state index contributed by atoms with van der Waals surface area (Å²) in [5.41, 5.74) is 1.16. The summed E-state index contributed by atoms with van der Waals surface area (Å²) in [5, 5.41) is 4.63. The van der Waals surface area contributed by atoms with Crippen molar-refractivity contribution in [2.24, 2.45) is 0 Å². The van der Waals surface area contributed by atoms with E-state index in [2.05, 4.69) is 15.3 Å². The van der Waals surface area contributed by atoms with Crippen LogP contribution in [0.15, 0.2) is 30.5 Å². The predicted molar refractivity (Wildman–Crippen MR) is 123 cm³/mol. The lowest BCUT2D eigenvalue weighted by Crippen LogP contribution is -2.39. The first kappa shape index (κ1) is 21.7. The Hall–Kier alpha value is -2.49. The van der Waals surface area contributed by atoms with Crippen LogP contribution in [0.3, 0.4) is 0 Å². The largest absolute Gasteiger partial charge is 0.444 e. The molecule has 2 aromatic heterocycles. The molecule has 162 valence electrons. The maximum Gasteiger partial charge on any atom is 0.410 e. The van der Waals surface area contributed by atoms with Crippen LogP contribution in [0.1, 0.15) is 41.0 Å². The highest BCUT2D eigenvalue weighted by molar-refractivity contribution is 7.17. The molecule has 1 N–H and O–H groups in total. The van der Waals surface area contributed by atoms with E-state index in [1.54, 1.807) is 11.0 Å². The third-order valence-electron chi connectivity index (χ3n) is 4.44. The monoisotopic (exact) mass is 476 g/mol. The lowest BCUT2D eigenvalue weighted by Gasteiger charge is -2.29. The Labute approximate surface area is 193 Å². The van der Waals surface area contributed by atoms with E-state index < -0.39 is 5.60 Å². The molecule has 4 rings (SSSR count). The van der Waals surface area contributed by atoms with E-state index in [4.69, 9.17) is 16.3 Å². The van der Waals surface area contributed by atoms with Gasteiger partial charge in [-0.2, -0.15) is 0 Å². The van der Waals surface area contributed by atoms with Crippen LogP contribution in [-0.2, 0) is 17.7 Å². The zero-order chi connectivity index (χ0) is 22.2. The molecule has 10 heteroatoms. The lowest BCUT2D eigenvalue weighted by molar-refractivity contribution is 0.0225. The molecule has 1 aliphatic heterocycles. The van der Waals surface area contributed by atoms with Crippen LogP contribution in [0.4, 0.5) is 9.93 Å². The minimum Gasteiger partial charge on any atom is -0.444 e. The van der Waals surface area contributed by atoms with Crippen molar-refractivity contribution in [2.75, 3.05) is 11.9 Å². The number of carbonyl (C=O) groups excluding carboxylic acids is 2. The van der Waals surface area contributed by atoms with Gasteiger partial charge in [-0.05, 0) is 26.8 Å². The molecule has 7 nitrogen and oxygen atoms in total. The number of nitrogens with zero attached hydrogens (tertiary/aromatic N) is 3. The van der Waals surface area contributed by atoms with Gasteiger partial charge >= 0.3 is 6.09 Å². The molecule has 0 radical (unpaired) electrons. The van der Waals surface area contributed by atoms with Gasteiger partial charge < -0.3 is 9.64 Å². The quantitative estimate of drug-likeness (QED) is 0.542. The number of hydrogen-bond donors (Lipinski definition) is 1. The van der Waals surface area contributed by atoms with Crippen LogP contribution in [0.5, 0.6) is 0 Å². The molecule has 0 saturated heterocycles. The van der Waals surface area contributed by atoms with E-state index in [0.717, 1.165) is 16.1 Å². The Morgan fingerprint density at radius 1 is 1.23 bits per heavy atom. The van der Waals surface area contributed by atoms with Crippen molar-refractivity contribution in [3.05, 3.63) is 50.9 Å². The minimum absolute atomic E-state index is 0.272. The molecule has 0 atom stereocenters. The molecule has 0 saturated carbocycles. The van der Waals surface area contributed by atoms with Crippen LogP contribution in [0.2, 0.25) is 5.02 Å². The number of hydrogen-bond acceptors (Lipinski definition) is 7. The van der Waals surface area contributed by atoms with Crippen LogP contribution in [0.25, 0.3) is 10.6 Å². The molecule has 0 bridgehead atoms. The van der Waals surface area contributed by atoms with Gasteiger partial charge in [-0.15, -0.1) is 11.3 Å². The summed E-state index contributed by atoms with van der Waals surface area (Å²) in [4.78, 5) is 37.0. The smallest absolute Gasteiger partial charge is 0.410 e. The van der Waals surface area contributed by atoms with E-state index in [0.29, 0.717) is 39.5 Å². The van der Waals surface area contributed by atoms with Gasteiger partial charge in [0, 0.05) is 23.4 Å². The molecular formula is C21H21ClN4O3S2. The molecule has 1 aromatic carbocycles. The van der Waals surface area contributed by atoms with Gasteiger partial charge in [-0.1, -0.05) is 41.1 Å². The predicted octanol–water partition coefficient (Wildman–Crippen LogP) is 5.47. The van der Waals surface area contributed by atoms with Crippen molar-refractivity contribution in [1.29, 1.82) is 0 Å². The summed E-state index contributed by atoms with van der Waals surface area (Å²) in [6, 6.07) is 7.39.